The molecule has 0 bridgehead atoms. The molecule has 0 saturated carbocycles. The Kier molecular flexibility index (Phi) is 6.54. The molecular weight excluding hydrogens is 381 g/mol. The van der Waals surface area contributed by atoms with Crippen LogP contribution in [0, 0.1) is 5.82 Å². The zero-order valence-electron chi connectivity index (χ0n) is 15.5. The van der Waals surface area contributed by atoms with Crippen LogP contribution < -0.4 is 14.8 Å². The number of halogens is 1. The molecule has 0 atom stereocenters. The third-order valence-electron chi connectivity index (χ3n) is 3.95. The van der Waals surface area contributed by atoms with E-state index < -0.39 is 0 Å². The number of thioether (sulfide) groups is 1. The van der Waals surface area contributed by atoms with Crippen molar-refractivity contribution < 1.29 is 18.7 Å². The number of aromatic nitrogens is 2. The Morgan fingerprint density at radius 3 is 2.46 bits per heavy atom. The van der Waals surface area contributed by atoms with E-state index in [9.17, 15) is 9.18 Å². The fraction of sp³-hybridized carbons (Fsp3) is 0.200. The summed E-state index contributed by atoms with van der Waals surface area (Å²) >= 11 is 1.40. The van der Waals surface area contributed by atoms with Crippen LogP contribution in [0.4, 0.5) is 4.39 Å². The van der Waals surface area contributed by atoms with Gasteiger partial charge in [0.2, 0.25) is 0 Å². The number of nitrogens with zero attached hydrogens (tertiary/aromatic N) is 2. The first-order chi connectivity index (χ1) is 13.6. The van der Waals surface area contributed by atoms with Gasteiger partial charge in [0.05, 0.1) is 19.9 Å². The Bertz CT molecular complexity index is 927. The first-order valence-electron chi connectivity index (χ1n) is 8.55. The molecule has 0 radical (unpaired) electrons. The Hall–Kier alpha value is -3.00. The Balaban J connectivity index is 1.62. The lowest BCUT2D eigenvalue weighted by atomic mass is 10.3. The van der Waals surface area contributed by atoms with Crippen LogP contribution in [0.2, 0.25) is 0 Å². The van der Waals surface area contributed by atoms with Crippen LogP contribution in [0.1, 0.15) is 10.5 Å². The molecule has 146 valence electrons. The summed E-state index contributed by atoms with van der Waals surface area (Å²) < 4.78 is 25.6. The molecule has 6 nitrogen and oxygen atoms in total. The number of carbonyl (C=O) groups excluding carboxylic acids is 1. The number of benzene rings is 2. The molecule has 0 spiro atoms. The maximum atomic E-state index is 13.2. The van der Waals surface area contributed by atoms with E-state index in [0.717, 1.165) is 5.75 Å². The molecule has 1 N–H and O–H groups in total. The normalized spacial score (nSPS) is 10.5. The number of rotatable bonds is 8. The first-order valence-corrected chi connectivity index (χ1v) is 9.77. The van der Waals surface area contributed by atoms with Gasteiger partial charge in [-0.2, -0.15) is 0 Å². The highest BCUT2D eigenvalue weighted by Crippen LogP contribution is 2.22. The molecule has 1 heterocycles. The van der Waals surface area contributed by atoms with E-state index in [1.54, 1.807) is 48.1 Å². The highest BCUT2D eigenvalue weighted by Gasteiger charge is 2.17. The minimum absolute atomic E-state index is 0.282. The lowest BCUT2D eigenvalue weighted by Gasteiger charge is -2.12. The predicted octanol–water partition coefficient (Wildman–Crippen LogP) is 3.55. The molecule has 0 aliphatic heterocycles. The van der Waals surface area contributed by atoms with Crippen LogP contribution in [0.5, 0.6) is 11.5 Å². The van der Waals surface area contributed by atoms with E-state index >= 15 is 0 Å². The quantitative estimate of drug-likeness (QED) is 0.462. The number of carbonyl (C=O) groups is 1. The highest BCUT2D eigenvalue weighted by atomic mass is 32.2. The molecule has 0 fully saturated rings. The second-order valence-corrected chi connectivity index (χ2v) is 6.50. The van der Waals surface area contributed by atoms with E-state index in [1.807, 2.05) is 6.26 Å². The lowest BCUT2D eigenvalue weighted by molar-refractivity contribution is 0.0939. The van der Waals surface area contributed by atoms with Gasteiger partial charge in [-0.1, -0.05) is 11.8 Å². The van der Waals surface area contributed by atoms with E-state index in [2.05, 4.69) is 10.3 Å². The summed E-state index contributed by atoms with van der Waals surface area (Å²) in [6.07, 6.45) is 3.38. The zero-order valence-corrected chi connectivity index (χ0v) is 16.3. The van der Waals surface area contributed by atoms with Crippen molar-refractivity contribution >= 4 is 17.7 Å². The average Bonchev–Trinajstić information content (AvgIpc) is 3.16. The van der Waals surface area contributed by atoms with Crippen LogP contribution >= 0.6 is 11.8 Å². The molecule has 1 aromatic heterocycles. The van der Waals surface area contributed by atoms with Crippen molar-refractivity contribution in [1.29, 1.82) is 0 Å². The van der Waals surface area contributed by atoms with Crippen molar-refractivity contribution in [3.05, 3.63) is 66.2 Å². The molecule has 3 rings (SSSR count). The standard InChI is InChI=1S/C20H20FN3O3S/c1-26-16-7-9-17(10-8-16)27-12-11-22-19(25)18-13-23-20(28-2)24(18)15-5-3-14(21)4-6-15/h3-10,13H,11-12H2,1-2H3,(H,22,25). The van der Waals surface area contributed by atoms with Crippen molar-refractivity contribution in [3.8, 4) is 17.2 Å². The molecule has 8 heteroatoms. The minimum atomic E-state index is -0.337. The number of hydrogen-bond donors (Lipinski definition) is 1. The maximum absolute atomic E-state index is 13.2. The second kappa shape index (κ2) is 9.27. The molecule has 3 aromatic rings. The molecular formula is C20H20FN3O3S. The van der Waals surface area contributed by atoms with Crippen molar-refractivity contribution in [2.24, 2.45) is 0 Å². The number of nitrogens with one attached hydrogen (secondary N) is 1. The average molecular weight is 401 g/mol. The summed E-state index contributed by atoms with van der Waals surface area (Å²) in [5.74, 6) is 0.821. The van der Waals surface area contributed by atoms with Gasteiger partial charge in [-0.05, 0) is 54.8 Å². The summed E-state index contributed by atoms with van der Waals surface area (Å²) in [7, 11) is 1.60. The number of imidazole rings is 1. The number of methoxy groups -OCH3 is 1. The molecule has 2 aromatic carbocycles. The third kappa shape index (κ3) is 4.64. The Morgan fingerprint density at radius 1 is 1.14 bits per heavy atom. The summed E-state index contributed by atoms with van der Waals surface area (Å²) in [6, 6.07) is 13.1. The van der Waals surface area contributed by atoms with E-state index in [1.165, 1.54) is 30.1 Å². The fourth-order valence-corrected chi connectivity index (χ4v) is 3.12. The number of ether oxygens (including phenoxy) is 2. The second-order valence-electron chi connectivity index (χ2n) is 5.72. The summed E-state index contributed by atoms with van der Waals surface area (Å²) in [5, 5.41) is 3.46. The van der Waals surface area contributed by atoms with Crippen molar-refractivity contribution in [2.45, 2.75) is 5.16 Å². The monoisotopic (exact) mass is 401 g/mol. The number of hydrogen-bond acceptors (Lipinski definition) is 5. The molecule has 0 saturated heterocycles. The Morgan fingerprint density at radius 2 is 1.82 bits per heavy atom. The van der Waals surface area contributed by atoms with Crippen molar-refractivity contribution in [3.63, 3.8) is 0 Å². The molecule has 0 aliphatic carbocycles. The van der Waals surface area contributed by atoms with Gasteiger partial charge in [0.25, 0.3) is 5.91 Å². The zero-order chi connectivity index (χ0) is 19.9. The summed E-state index contributed by atoms with van der Waals surface area (Å²) in [4.78, 5) is 16.9. The topological polar surface area (TPSA) is 65.4 Å². The van der Waals surface area contributed by atoms with Crippen LogP contribution in [0.3, 0.4) is 0 Å². The van der Waals surface area contributed by atoms with Gasteiger partial charge in [-0.15, -0.1) is 0 Å². The van der Waals surface area contributed by atoms with Gasteiger partial charge in [0, 0.05) is 5.69 Å². The number of amides is 1. The lowest BCUT2D eigenvalue weighted by Crippen LogP contribution is -2.29. The first kappa shape index (κ1) is 19.8. The van der Waals surface area contributed by atoms with Crippen LogP contribution in [-0.4, -0.2) is 42.0 Å². The van der Waals surface area contributed by atoms with E-state index in [-0.39, 0.29) is 11.7 Å². The largest absolute Gasteiger partial charge is 0.497 e. The highest BCUT2D eigenvalue weighted by molar-refractivity contribution is 7.98. The summed E-state index contributed by atoms with van der Waals surface area (Å²) in [6.45, 7) is 0.645. The molecule has 28 heavy (non-hydrogen) atoms. The van der Waals surface area contributed by atoms with Gasteiger partial charge < -0.3 is 14.8 Å². The van der Waals surface area contributed by atoms with Gasteiger partial charge in [-0.25, -0.2) is 9.37 Å². The maximum Gasteiger partial charge on any atom is 0.270 e. The summed E-state index contributed by atoms with van der Waals surface area (Å²) in [5.41, 5.74) is 1.04. The minimum Gasteiger partial charge on any atom is -0.497 e. The van der Waals surface area contributed by atoms with Gasteiger partial charge >= 0.3 is 0 Å². The third-order valence-corrected chi connectivity index (χ3v) is 4.60. The van der Waals surface area contributed by atoms with Crippen LogP contribution in [0.15, 0.2) is 59.9 Å². The van der Waals surface area contributed by atoms with Gasteiger partial charge in [0.15, 0.2) is 5.16 Å². The van der Waals surface area contributed by atoms with Gasteiger partial charge in [0.1, 0.15) is 29.6 Å². The van der Waals surface area contributed by atoms with Crippen molar-refractivity contribution in [2.75, 3.05) is 26.5 Å². The van der Waals surface area contributed by atoms with Crippen LogP contribution in [0.25, 0.3) is 5.69 Å². The molecule has 0 unspecified atom stereocenters. The Labute approximate surface area is 166 Å². The molecule has 0 aliphatic rings. The smallest absolute Gasteiger partial charge is 0.270 e. The van der Waals surface area contributed by atoms with Crippen molar-refractivity contribution in [1.82, 2.24) is 14.9 Å². The SMILES string of the molecule is COc1ccc(OCCNC(=O)c2cnc(SC)n2-c2ccc(F)cc2)cc1. The van der Waals surface area contributed by atoms with E-state index in [4.69, 9.17) is 9.47 Å². The molecule has 1 amide bonds. The van der Waals surface area contributed by atoms with E-state index in [0.29, 0.717) is 35.4 Å². The fourth-order valence-electron chi connectivity index (χ4n) is 2.57. The van der Waals surface area contributed by atoms with Gasteiger partial charge in [-0.3, -0.25) is 9.36 Å². The predicted molar refractivity (Wildman–Crippen MR) is 106 cm³/mol. The van der Waals surface area contributed by atoms with Crippen LogP contribution in [-0.2, 0) is 0 Å².